The molecule has 1 aliphatic carbocycles. The number of piperidine rings is 2. The Bertz CT molecular complexity index is 1390. The van der Waals surface area contributed by atoms with Crippen LogP contribution >= 0.6 is 0 Å². The number of carbonyl (C=O) groups excluding carboxylic acids is 3. The largest absolute Gasteiger partial charge is 0.465 e. The van der Waals surface area contributed by atoms with E-state index in [0.717, 1.165) is 30.6 Å². The quantitative estimate of drug-likeness (QED) is 0.0642. The number of rotatable bonds is 21. The maximum atomic E-state index is 13.8. The van der Waals surface area contributed by atoms with Gasteiger partial charge in [-0.3, -0.25) is 29.9 Å². The molecule has 4 fully saturated rings. The number of likely N-dealkylation sites (tertiary alicyclic amines) is 1. The highest BCUT2D eigenvalue weighted by molar-refractivity contribution is 7.80. The number of unbranched alkanes of at least 4 members (excludes halogenated alkanes) is 3. The van der Waals surface area contributed by atoms with Gasteiger partial charge in [-0.1, -0.05) is 67.2 Å². The summed E-state index contributed by atoms with van der Waals surface area (Å²) in [5, 5.41) is 10.7. The Morgan fingerprint density at radius 1 is 0.870 bits per heavy atom. The van der Waals surface area contributed by atoms with Crippen LogP contribution in [-0.4, -0.2) is 118 Å². The molecule has 310 valence electrons. The molecule has 6 atom stereocenters. The molecule has 3 aliphatic heterocycles. The molecule has 54 heavy (non-hydrogen) atoms. The third-order valence-corrected chi connectivity index (χ3v) is 13.2. The second-order valence-electron chi connectivity index (χ2n) is 17.2. The van der Waals surface area contributed by atoms with Crippen LogP contribution in [0.4, 0.5) is 9.59 Å². The van der Waals surface area contributed by atoms with Crippen molar-refractivity contribution in [3.05, 3.63) is 0 Å². The fraction of sp³-hybridized carbons (Fsp3) is 0.895. The minimum absolute atomic E-state index is 0.00471. The molecule has 0 aromatic rings. The maximum Gasteiger partial charge on any atom is 0.418 e. The zero-order valence-electron chi connectivity index (χ0n) is 33.6. The van der Waals surface area contributed by atoms with E-state index in [1.54, 1.807) is 0 Å². The van der Waals surface area contributed by atoms with Crippen LogP contribution in [0.15, 0.2) is 0 Å². The van der Waals surface area contributed by atoms with Crippen LogP contribution in [0.25, 0.3) is 0 Å². The lowest BCUT2D eigenvalue weighted by Crippen LogP contribution is -2.60. The van der Waals surface area contributed by atoms with Crippen LogP contribution in [0.1, 0.15) is 138 Å². The second-order valence-corrected chi connectivity index (χ2v) is 18.2. The van der Waals surface area contributed by atoms with Gasteiger partial charge in [0.05, 0.1) is 31.7 Å². The first-order chi connectivity index (χ1) is 25.5. The van der Waals surface area contributed by atoms with E-state index < -0.39 is 52.5 Å². The monoisotopic (exact) mass is 785 g/mol. The summed E-state index contributed by atoms with van der Waals surface area (Å²) in [7, 11) is -4.94. The number of carbonyl (C=O) groups is 4. The molecule has 4 N–H and O–H groups in total. The number of hydroxylamine groups is 2. The van der Waals surface area contributed by atoms with E-state index in [4.69, 9.17) is 4.55 Å². The molecular weight excluding hydrogens is 717 g/mol. The number of hydrazine groups is 1. The summed E-state index contributed by atoms with van der Waals surface area (Å²) in [6.07, 6.45) is 13.1. The summed E-state index contributed by atoms with van der Waals surface area (Å²) >= 11 is 0. The van der Waals surface area contributed by atoms with Crippen LogP contribution in [0.3, 0.4) is 0 Å². The first-order valence-corrected chi connectivity index (χ1v) is 22.1. The van der Waals surface area contributed by atoms with E-state index in [1.165, 1.54) is 74.0 Å². The Morgan fingerprint density at radius 3 is 1.94 bits per heavy atom. The molecule has 5 amide bonds. The Labute approximate surface area is 323 Å². The number of urea groups is 1. The number of fused-ring (bicyclic) bond motifs is 2. The van der Waals surface area contributed by atoms with Gasteiger partial charge in [-0.05, 0) is 87.4 Å². The van der Waals surface area contributed by atoms with E-state index in [1.807, 2.05) is 0 Å². The molecular formula is C38H69N6O9S+. The van der Waals surface area contributed by atoms with Crippen LogP contribution in [-0.2, 0) is 24.3 Å². The summed E-state index contributed by atoms with van der Waals surface area (Å²) in [5.74, 6) is -0.320. The van der Waals surface area contributed by atoms with Gasteiger partial charge in [-0.15, -0.1) is 4.28 Å². The number of nitrogens with one attached hydrogen (secondary N) is 2. The van der Waals surface area contributed by atoms with Crippen LogP contribution < -0.4 is 10.9 Å². The summed E-state index contributed by atoms with van der Waals surface area (Å²) in [4.78, 5) is 54.7. The maximum absolute atomic E-state index is 13.8. The Kier molecular flexibility index (Phi) is 15.5. The molecule has 0 spiro atoms. The average molecular weight is 786 g/mol. The molecule has 0 aromatic heterocycles. The summed E-state index contributed by atoms with van der Waals surface area (Å²) < 4.78 is 37.2. The van der Waals surface area contributed by atoms with Gasteiger partial charge < -0.3 is 14.5 Å². The fourth-order valence-electron chi connectivity index (χ4n) is 10.3. The average Bonchev–Trinajstić information content (AvgIpc) is 3.92. The second kappa shape index (κ2) is 19.0. The lowest BCUT2D eigenvalue weighted by atomic mass is 9.62. The predicted octanol–water partition coefficient (Wildman–Crippen LogP) is 5.72. The molecule has 4 rings (SSSR count). The van der Waals surface area contributed by atoms with Crippen molar-refractivity contribution in [3.63, 3.8) is 0 Å². The van der Waals surface area contributed by atoms with Gasteiger partial charge in [0, 0.05) is 19.5 Å². The van der Waals surface area contributed by atoms with Crippen molar-refractivity contribution in [1.82, 2.24) is 25.7 Å². The number of nitrogens with zero attached hydrogens (tertiary/aromatic N) is 4. The van der Waals surface area contributed by atoms with Gasteiger partial charge >= 0.3 is 22.5 Å². The van der Waals surface area contributed by atoms with E-state index in [0.29, 0.717) is 35.8 Å². The van der Waals surface area contributed by atoms with Crippen molar-refractivity contribution in [2.24, 2.45) is 23.2 Å². The lowest BCUT2D eigenvalue weighted by Gasteiger charge is -2.51. The first-order valence-electron chi connectivity index (χ1n) is 20.7. The Balaban J connectivity index is 1.50. The summed E-state index contributed by atoms with van der Waals surface area (Å²) in [5.41, 5.74) is 4.84. The minimum Gasteiger partial charge on any atom is -0.465 e. The molecule has 4 aliphatic rings. The molecule has 3 heterocycles. The van der Waals surface area contributed by atoms with E-state index in [2.05, 4.69) is 56.7 Å². The first kappa shape index (κ1) is 44.0. The topological polar surface area (TPSA) is 186 Å². The summed E-state index contributed by atoms with van der Waals surface area (Å²) in [6.45, 7) is 17.9. The molecule has 16 heteroatoms. The minimum atomic E-state index is -4.94. The molecule has 15 nitrogen and oxygen atoms in total. The van der Waals surface area contributed by atoms with Crippen molar-refractivity contribution in [2.45, 2.75) is 162 Å². The number of quaternary nitrogens is 1. The standard InChI is InChI=1S/C38H68N6O9S/c1-7-11-21-44(22-12-8-2,23-13-9-3)30(14-10-4)25-38(5,6)33(27-15-16-27)28-19-20-41(37(48)49)32(24-28)35(46)40-39-34(45)31-18-17-29-26-42(31)36(47)43(29)53-54(50,51)52/h27-33H,7-26H2,1-6H3,(H3-,39,40,45,46,48,49,50,51,52)/p+1/t28-,29-,30?,31+,32+,33?/m1/s1. The Hall–Kier alpha value is -2.69. The number of carboxylic acid groups (broad SMARTS) is 1. The molecule has 2 unspecified atom stereocenters. The molecule has 1 saturated carbocycles. The molecule has 0 aromatic carbocycles. The number of amides is 5. The highest BCUT2D eigenvalue weighted by Crippen LogP contribution is 2.54. The van der Waals surface area contributed by atoms with Gasteiger partial charge in [0.25, 0.3) is 11.8 Å². The van der Waals surface area contributed by atoms with Crippen LogP contribution in [0.2, 0.25) is 0 Å². The zero-order valence-corrected chi connectivity index (χ0v) is 34.4. The van der Waals surface area contributed by atoms with E-state index in [-0.39, 0.29) is 37.3 Å². The fourth-order valence-corrected chi connectivity index (χ4v) is 10.6. The molecule has 3 saturated heterocycles. The SMILES string of the molecule is CCCC[N+](CCCC)(CCCC)C(CCC)CC(C)(C)C(C1CC1)[C@@H]1CCN(C(=O)O)[C@H](C(=O)NNC(=O)[C@@H]2CC[C@@H]3CN2C(=O)N3OS(=O)(=O)O)C1. The van der Waals surface area contributed by atoms with Gasteiger partial charge in [-0.2, -0.15) is 13.5 Å². The van der Waals surface area contributed by atoms with Crippen molar-refractivity contribution in [2.75, 3.05) is 32.7 Å². The van der Waals surface area contributed by atoms with Gasteiger partial charge in [0.1, 0.15) is 12.1 Å². The molecule has 0 radical (unpaired) electrons. The van der Waals surface area contributed by atoms with E-state index >= 15 is 0 Å². The lowest BCUT2D eigenvalue weighted by molar-refractivity contribution is -0.953. The zero-order chi connectivity index (χ0) is 39.8. The summed E-state index contributed by atoms with van der Waals surface area (Å²) in [6, 6.07) is -3.04. The van der Waals surface area contributed by atoms with Gasteiger partial charge in [0.15, 0.2) is 0 Å². The highest BCUT2D eigenvalue weighted by atomic mass is 32.3. The number of hydrogen-bond donors (Lipinski definition) is 4. The third kappa shape index (κ3) is 10.8. The number of hydrogen-bond acceptors (Lipinski definition) is 7. The van der Waals surface area contributed by atoms with Crippen molar-refractivity contribution >= 4 is 34.3 Å². The van der Waals surface area contributed by atoms with Gasteiger partial charge in [-0.25, -0.2) is 9.59 Å². The van der Waals surface area contributed by atoms with Crippen molar-refractivity contribution in [1.29, 1.82) is 0 Å². The highest BCUT2D eigenvalue weighted by Gasteiger charge is 2.52. The molecule has 2 bridgehead atoms. The third-order valence-electron chi connectivity index (χ3n) is 12.9. The Morgan fingerprint density at radius 2 is 1.44 bits per heavy atom. The smallest absolute Gasteiger partial charge is 0.418 e. The van der Waals surface area contributed by atoms with Crippen molar-refractivity contribution in [3.8, 4) is 0 Å². The van der Waals surface area contributed by atoms with Gasteiger partial charge in [0.2, 0.25) is 0 Å². The predicted molar refractivity (Wildman–Crippen MR) is 204 cm³/mol. The van der Waals surface area contributed by atoms with Crippen molar-refractivity contribution < 1.29 is 46.0 Å². The van der Waals surface area contributed by atoms with Crippen LogP contribution in [0.5, 0.6) is 0 Å². The normalized spacial score (nSPS) is 24.7. The van der Waals surface area contributed by atoms with E-state index in [9.17, 15) is 32.7 Å². The van der Waals surface area contributed by atoms with Crippen LogP contribution in [0, 0.1) is 23.2 Å².